The summed E-state index contributed by atoms with van der Waals surface area (Å²) < 4.78 is 16.1. The molecule has 0 saturated heterocycles. The summed E-state index contributed by atoms with van der Waals surface area (Å²) in [5.74, 6) is -2.06. The van der Waals surface area contributed by atoms with Crippen LogP contribution in [0.2, 0.25) is 0 Å². The lowest BCUT2D eigenvalue weighted by atomic mass is 10.1. The zero-order valence-corrected chi connectivity index (χ0v) is 16.0. The van der Waals surface area contributed by atoms with Gasteiger partial charge in [-0.1, -0.05) is 54.9 Å². The highest BCUT2D eigenvalue weighted by atomic mass is 16.6. The van der Waals surface area contributed by atoms with Gasteiger partial charge in [0.05, 0.1) is 17.8 Å². The van der Waals surface area contributed by atoms with E-state index in [1.54, 1.807) is 41.5 Å². The van der Waals surface area contributed by atoms with Gasteiger partial charge in [-0.2, -0.15) is 0 Å². The largest absolute Gasteiger partial charge is 0.461 e. The summed E-state index contributed by atoms with van der Waals surface area (Å²) in [5, 5.41) is 0. The maximum Gasteiger partial charge on any atom is 0.308 e. The van der Waals surface area contributed by atoms with E-state index in [1.807, 2.05) is 6.92 Å². The fourth-order valence-corrected chi connectivity index (χ4v) is 1.72. The van der Waals surface area contributed by atoms with Crippen molar-refractivity contribution < 1.29 is 28.6 Å². The first-order valence-corrected chi connectivity index (χ1v) is 8.67. The minimum absolute atomic E-state index is 0.120. The Kier molecular flexibility index (Phi) is 10.3. The second kappa shape index (κ2) is 11.0. The first-order valence-electron chi connectivity index (χ1n) is 8.67. The molecule has 0 aliphatic carbocycles. The van der Waals surface area contributed by atoms with Crippen LogP contribution in [0.3, 0.4) is 0 Å². The van der Waals surface area contributed by atoms with Crippen LogP contribution >= 0.6 is 0 Å². The Hall–Kier alpha value is -1.59. The maximum absolute atomic E-state index is 12.0. The predicted octanol–water partition coefficient (Wildman–Crippen LogP) is 3.12. The SMILES string of the molecule is CCCC(OC(=O)C(C)C)C(COC(=O)C(C)C)OC(=O)C(C)C. The second-order valence-corrected chi connectivity index (χ2v) is 6.83. The first-order chi connectivity index (χ1) is 11.1. The Morgan fingerprint density at radius 2 is 1.12 bits per heavy atom. The molecule has 0 aliphatic heterocycles. The van der Waals surface area contributed by atoms with Crippen molar-refractivity contribution in [3.05, 3.63) is 0 Å². The molecule has 140 valence electrons. The van der Waals surface area contributed by atoms with Crippen molar-refractivity contribution >= 4 is 17.9 Å². The molecule has 2 unspecified atom stereocenters. The summed E-state index contributed by atoms with van der Waals surface area (Å²) in [4.78, 5) is 35.6. The molecule has 0 aliphatic rings. The lowest BCUT2D eigenvalue weighted by Gasteiger charge is -2.28. The molecule has 0 aromatic rings. The lowest BCUT2D eigenvalue weighted by molar-refractivity contribution is -0.180. The third kappa shape index (κ3) is 8.31. The number of hydrogen-bond donors (Lipinski definition) is 0. The molecule has 2 atom stereocenters. The van der Waals surface area contributed by atoms with Gasteiger partial charge < -0.3 is 14.2 Å². The van der Waals surface area contributed by atoms with Crippen molar-refractivity contribution in [2.24, 2.45) is 17.8 Å². The summed E-state index contributed by atoms with van der Waals surface area (Å²) >= 11 is 0. The van der Waals surface area contributed by atoms with Crippen LogP contribution in [0.15, 0.2) is 0 Å². The standard InChI is InChI=1S/C18H32O6/c1-8-9-14(23-17(20)12(4)5)15(24-18(21)13(6)7)10-22-16(19)11(2)3/h11-15H,8-10H2,1-7H3. The number of carbonyl (C=O) groups excluding carboxylic acids is 3. The van der Waals surface area contributed by atoms with Crippen molar-refractivity contribution in [1.82, 2.24) is 0 Å². The Morgan fingerprint density at radius 3 is 1.50 bits per heavy atom. The molecule has 24 heavy (non-hydrogen) atoms. The van der Waals surface area contributed by atoms with Gasteiger partial charge in [0.2, 0.25) is 0 Å². The highest BCUT2D eigenvalue weighted by molar-refractivity contribution is 5.73. The highest BCUT2D eigenvalue weighted by Crippen LogP contribution is 2.16. The van der Waals surface area contributed by atoms with E-state index in [0.29, 0.717) is 6.42 Å². The van der Waals surface area contributed by atoms with Crippen LogP contribution in [0.5, 0.6) is 0 Å². The fourth-order valence-electron chi connectivity index (χ4n) is 1.72. The van der Waals surface area contributed by atoms with Gasteiger partial charge >= 0.3 is 17.9 Å². The molecule has 0 spiro atoms. The molecule has 0 fully saturated rings. The summed E-state index contributed by atoms with van der Waals surface area (Å²) in [6.07, 6.45) is -0.171. The van der Waals surface area contributed by atoms with Gasteiger partial charge in [-0.15, -0.1) is 0 Å². The van der Waals surface area contributed by atoms with Gasteiger partial charge in [0.25, 0.3) is 0 Å². The number of ether oxygens (including phenoxy) is 3. The van der Waals surface area contributed by atoms with Crippen LogP contribution in [0.1, 0.15) is 61.3 Å². The first kappa shape index (κ1) is 22.4. The molecular formula is C18H32O6. The van der Waals surface area contributed by atoms with E-state index in [1.165, 1.54) is 0 Å². The molecule has 0 aromatic heterocycles. The van der Waals surface area contributed by atoms with E-state index in [-0.39, 0.29) is 36.3 Å². The van der Waals surface area contributed by atoms with Crippen molar-refractivity contribution in [3.8, 4) is 0 Å². The van der Waals surface area contributed by atoms with Gasteiger partial charge in [0.1, 0.15) is 12.7 Å². The van der Waals surface area contributed by atoms with E-state index in [2.05, 4.69) is 0 Å². The van der Waals surface area contributed by atoms with Crippen molar-refractivity contribution in [2.75, 3.05) is 6.61 Å². The molecule has 0 radical (unpaired) electrons. The Balaban J connectivity index is 5.14. The van der Waals surface area contributed by atoms with E-state index in [4.69, 9.17) is 14.2 Å². The number of esters is 3. The van der Waals surface area contributed by atoms with Crippen LogP contribution < -0.4 is 0 Å². The zero-order chi connectivity index (χ0) is 18.9. The molecule has 0 N–H and O–H groups in total. The highest BCUT2D eigenvalue weighted by Gasteiger charge is 2.31. The second-order valence-electron chi connectivity index (χ2n) is 6.83. The molecule has 6 heteroatoms. The minimum Gasteiger partial charge on any atom is -0.461 e. The summed E-state index contributed by atoms with van der Waals surface area (Å²) in [6.45, 7) is 12.2. The number of hydrogen-bond acceptors (Lipinski definition) is 6. The average Bonchev–Trinajstić information content (AvgIpc) is 2.49. The Bertz CT molecular complexity index is 414. The Morgan fingerprint density at radius 1 is 0.708 bits per heavy atom. The molecule has 0 saturated carbocycles. The van der Waals surface area contributed by atoms with Gasteiger partial charge in [-0.05, 0) is 6.42 Å². The summed E-state index contributed by atoms with van der Waals surface area (Å²) in [6, 6.07) is 0. The van der Waals surface area contributed by atoms with Gasteiger partial charge in [-0.3, -0.25) is 14.4 Å². The van der Waals surface area contributed by atoms with E-state index >= 15 is 0 Å². The van der Waals surface area contributed by atoms with Crippen molar-refractivity contribution in [3.63, 3.8) is 0 Å². The van der Waals surface area contributed by atoms with Crippen LogP contribution in [0.4, 0.5) is 0 Å². The Labute approximate surface area is 145 Å². The summed E-state index contributed by atoms with van der Waals surface area (Å²) in [7, 11) is 0. The van der Waals surface area contributed by atoms with Gasteiger partial charge in [0, 0.05) is 0 Å². The van der Waals surface area contributed by atoms with Crippen molar-refractivity contribution in [2.45, 2.75) is 73.5 Å². The molecule has 0 bridgehead atoms. The molecule has 0 amide bonds. The van der Waals surface area contributed by atoms with Crippen LogP contribution in [0, 0.1) is 17.8 Å². The molecule has 0 rings (SSSR count). The summed E-state index contributed by atoms with van der Waals surface area (Å²) in [5.41, 5.74) is 0. The zero-order valence-electron chi connectivity index (χ0n) is 16.0. The van der Waals surface area contributed by atoms with E-state index < -0.39 is 18.2 Å². The van der Waals surface area contributed by atoms with Gasteiger partial charge in [-0.25, -0.2) is 0 Å². The number of rotatable bonds is 10. The molecule has 0 aromatic carbocycles. The third-order valence-corrected chi connectivity index (χ3v) is 3.33. The van der Waals surface area contributed by atoms with E-state index in [0.717, 1.165) is 6.42 Å². The maximum atomic E-state index is 12.0. The van der Waals surface area contributed by atoms with Gasteiger partial charge in [0.15, 0.2) is 6.10 Å². The molecular weight excluding hydrogens is 312 g/mol. The molecule has 0 heterocycles. The topological polar surface area (TPSA) is 78.9 Å². The molecule has 6 nitrogen and oxygen atoms in total. The quantitative estimate of drug-likeness (QED) is 0.447. The normalized spacial score (nSPS) is 13.8. The lowest BCUT2D eigenvalue weighted by Crippen LogP contribution is -2.41. The average molecular weight is 344 g/mol. The van der Waals surface area contributed by atoms with Crippen LogP contribution in [-0.2, 0) is 28.6 Å². The predicted molar refractivity (Wildman–Crippen MR) is 90.1 cm³/mol. The number of carbonyl (C=O) groups is 3. The third-order valence-electron chi connectivity index (χ3n) is 3.33. The minimum atomic E-state index is -0.801. The monoisotopic (exact) mass is 344 g/mol. The van der Waals surface area contributed by atoms with E-state index in [9.17, 15) is 14.4 Å². The van der Waals surface area contributed by atoms with Crippen LogP contribution in [-0.4, -0.2) is 36.7 Å². The van der Waals surface area contributed by atoms with Crippen LogP contribution in [0.25, 0.3) is 0 Å². The smallest absolute Gasteiger partial charge is 0.308 e. The van der Waals surface area contributed by atoms with Crippen molar-refractivity contribution in [1.29, 1.82) is 0 Å². The fraction of sp³-hybridized carbons (Fsp3) is 0.833.